The lowest BCUT2D eigenvalue weighted by Crippen LogP contribution is -2.24. The van der Waals surface area contributed by atoms with E-state index in [9.17, 15) is 13.2 Å². The number of aryl methyl sites for hydroxylation is 2. The Morgan fingerprint density at radius 1 is 1.06 bits per heavy atom. The van der Waals surface area contributed by atoms with Crippen molar-refractivity contribution in [3.05, 3.63) is 65.2 Å². The first-order valence-corrected chi connectivity index (χ1v) is 11.1. The summed E-state index contributed by atoms with van der Waals surface area (Å²) in [7, 11) is 1.08. The predicted octanol–water partition coefficient (Wildman–Crippen LogP) is 6.80. The molecule has 0 spiro atoms. The van der Waals surface area contributed by atoms with Crippen molar-refractivity contribution in [2.45, 2.75) is 52.8 Å². The van der Waals surface area contributed by atoms with Gasteiger partial charge in [-0.25, -0.2) is 0 Å². The number of hydrogen-bond acceptors (Lipinski definition) is 5. The lowest BCUT2D eigenvalue weighted by Gasteiger charge is -2.17. The molecule has 0 radical (unpaired) electrons. The fraction of sp³-hybridized carbons (Fsp3) is 0.423. The van der Waals surface area contributed by atoms with Crippen LogP contribution in [0.15, 0.2) is 53.7 Å². The molecule has 1 unspecified atom stereocenters. The summed E-state index contributed by atoms with van der Waals surface area (Å²) < 4.78 is 57.1. The molecule has 0 aromatic heterocycles. The van der Waals surface area contributed by atoms with E-state index in [4.69, 9.17) is 14.2 Å². The third kappa shape index (κ3) is 8.32. The molecule has 0 N–H and O–H groups in total. The number of nitrogens with zero attached hydrogens (tertiary/aromatic N) is 1. The zero-order valence-corrected chi connectivity index (χ0v) is 20.2. The highest BCUT2D eigenvalue weighted by molar-refractivity contribution is 6.04. The van der Waals surface area contributed by atoms with Gasteiger partial charge in [0.05, 0.1) is 12.7 Å². The summed E-state index contributed by atoms with van der Waals surface area (Å²) in [5, 5.41) is 3.12. The van der Waals surface area contributed by atoms with Crippen molar-refractivity contribution in [2.24, 2.45) is 5.16 Å². The van der Waals surface area contributed by atoms with Gasteiger partial charge in [0.15, 0.2) is 5.71 Å². The topological polar surface area (TPSA) is 49.3 Å². The van der Waals surface area contributed by atoms with Gasteiger partial charge in [0.1, 0.15) is 31.0 Å². The standard InChI is InChI=1S/C26H32F3NO4/c1-6-7-13-32-23-15-18(2)24(19(3)16-23)33-14-9-10-20(4)34-22-12-8-11-21(17-22)25(30-31-5)26(27,28)29/h6-8,11-12,15-17,20H,9-10,13-14H2,1-5H3/b7-6+,30-25+. The summed E-state index contributed by atoms with van der Waals surface area (Å²) in [6.07, 6.45) is 0.427. The normalized spacial score (nSPS) is 13.1. The average molecular weight is 480 g/mol. The van der Waals surface area contributed by atoms with E-state index in [0.717, 1.165) is 36.2 Å². The van der Waals surface area contributed by atoms with Crippen LogP contribution in [0, 0.1) is 13.8 Å². The number of hydrogen-bond donors (Lipinski definition) is 0. The molecule has 186 valence electrons. The first kappa shape index (κ1) is 27.1. The summed E-state index contributed by atoms with van der Waals surface area (Å²) in [4.78, 5) is 4.36. The molecule has 2 rings (SSSR count). The van der Waals surface area contributed by atoms with Crippen LogP contribution >= 0.6 is 0 Å². The molecule has 0 bridgehead atoms. The van der Waals surface area contributed by atoms with Crippen molar-refractivity contribution in [2.75, 3.05) is 20.3 Å². The van der Waals surface area contributed by atoms with Crippen molar-refractivity contribution in [3.63, 3.8) is 0 Å². The fourth-order valence-corrected chi connectivity index (χ4v) is 3.37. The van der Waals surface area contributed by atoms with E-state index in [-0.39, 0.29) is 11.7 Å². The number of benzene rings is 2. The maximum absolute atomic E-state index is 13.2. The van der Waals surface area contributed by atoms with E-state index in [1.54, 1.807) is 6.07 Å². The van der Waals surface area contributed by atoms with Crippen molar-refractivity contribution < 1.29 is 32.2 Å². The Kier molecular flexibility index (Phi) is 10.3. The number of ether oxygens (including phenoxy) is 3. The molecule has 8 heteroatoms. The van der Waals surface area contributed by atoms with Gasteiger partial charge in [-0.3, -0.25) is 0 Å². The van der Waals surface area contributed by atoms with Crippen LogP contribution in [0.5, 0.6) is 17.2 Å². The summed E-state index contributed by atoms with van der Waals surface area (Å²) in [6, 6.07) is 9.64. The largest absolute Gasteiger partial charge is 0.493 e. The molecule has 0 saturated heterocycles. The highest BCUT2D eigenvalue weighted by Crippen LogP contribution is 2.29. The highest BCUT2D eigenvalue weighted by Gasteiger charge is 2.38. The third-order valence-corrected chi connectivity index (χ3v) is 4.91. The molecule has 0 aliphatic carbocycles. The van der Waals surface area contributed by atoms with Crippen LogP contribution in [0.1, 0.15) is 43.4 Å². The Morgan fingerprint density at radius 3 is 2.38 bits per heavy atom. The van der Waals surface area contributed by atoms with Gasteiger partial charge in [-0.1, -0.05) is 29.4 Å². The Labute approximate surface area is 199 Å². The minimum absolute atomic E-state index is 0.119. The van der Waals surface area contributed by atoms with Crippen LogP contribution in [0.2, 0.25) is 0 Å². The van der Waals surface area contributed by atoms with Gasteiger partial charge >= 0.3 is 6.18 Å². The third-order valence-electron chi connectivity index (χ3n) is 4.91. The Balaban J connectivity index is 1.89. The Morgan fingerprint density at radius 2 is 1.76 bits per heavy atom. The van der Waals surface area contributed by atoms with Crippen LogP contribution < -0.4 is 14.2 Å². The molecule has 0 saturated carbocycles. The zero-order chi connectivity index (χ0) is 25.1. The van der Waals surface area contributed by atoms with E-state index in [0.29, 0.717) is 25.4 Å². The molecule has 0 heterocycles. The zero-order valence-electron chi connectivity index (χ0n) is 20.2. The first-order valence-electron chi connectivity index (χ1n) is 11.1. The molecule has 0 amide bonds. The Hall–Kier alpha value is -3.16. The smallest absolute Gasteiger partial charge is 0.437 e. The molecule has 2 aromatic rings. The van der Waals surface area contributed by atoms with Gasteiger partial charge in [0, 0.05) is 5.56 Å². The second-order valence-electron chi connectivity index (χ2n) is 7.83. The van der Waals surface area contributed by atoms with Gasteiger partial charge in [-0.05, 0) is 75.9 Å². The SMILES string of the molecule is C/C=C/COc1cc(C)c(OCCCC(C)Oc2cccc(/C(=N\OC)C(F)(F)F)c2)c(C)c1. The molecule has 1 atom stereocenters. The van der Waals surface area contributed by atoms with Crippen LogP contribution in [-0.4, -0.2) is 38.3 Å². The van der Waals surface area contributed by atoms with Crippen molar-refractivity contribution in [3.8, 4) is 17.2 Å². The van der Waals surface area contributed by atoms with Crippen LogP contribution in [0.3, 0.4) is 0 Å². The molecule has 0 aliphatic rings. The summed E-state index contributed by atoms with van der Waals surface area (Å²) in [5.74, 6) is 1.96. The fourth-order valence-electron chi connectivity index (χ4n) is 3.37. The molecular formula is C26H32F3NO4. The monoisotopic (exact) mass is 479 g/mol. The van der Waals surface area contributed by atoms with E-state index < -0.39 is 11.9 Å². The number of halogens is 3. The van der Waals surface area contributed by atoms with Crippen molar-refractivity contribution >= 4 is 5.71 Å². The number of rotatable bonds is 12. The van der Waals surface area contributed by atoms with E-state index >= 15 is 0 Å². The molecule has 2 aromatic carbocycles. The van der Waals surface area contributed by atoms with Gasteiger partial charge in [0.25, 0.3) is 0 Å². The van der Waals surface area contributed by atoms with E-state index in [1.165, 1.54) is 18.2 Å². The second kappa shape index (κ2) is 12.9. The molecule has 34 heavy (non-hydrogen) atoms. The van der Waals surface area contributed by atoms with E-state index in [1.807, 2.05) is 52.0 Å². The summed E-state index contributed by atoms with van der Waals surface area (Å²) in [6.45, 7) is 8.78. The minimum atomic E-state index is -4.63. The first-order chi connectivity index (χ1) is 16.2. The highest BCUT2D eigenvalue weighted by atomic mass is 19.4. The minimum Gasteiger partial charge on any atom is -0.493 e. The van der Waals surface area contributed by atoms with Gasteiger partial charge in [0.2, 0.25) is 0 Å². The number of allylic oxidation sites excluding steroid dienone is 1. The lowest BCUT2D eigenvalue weighted by molar-refractivity contribution is -0.0608. The second-order valence-corrected chi connectivity index (χ2v) is 7.83. The van der Waals surface area contributed by atoms with Gasteiger partial charge < -0.3 is 19.0 Å². The van der Waals surface area contributed by atoms with Crippen molar-refractivity contribution in [1.82, 2.24) is 0 Å². The van der Waals surface area contributed by atoms with Crippen molar-refractivity contribution in [1.29, 1.82) is 0 Å². The Bertz CT molecular complexity index is 963. The van der Waals surface area contributed by atoms with E-state index in [2.05, 4.69) is 9.99 Å². The van der Waals surface area contributed by atoms with Crippen LogP contribution in [-0.2, 0) is 4.84 Å². The number of oxime groups is 1. The quantitative estimate of drug-likeness (QED) is 0.145. The average Bonchev–Trinajstić information content (AvgIpc) is 2.76. The maximum Gasteiger partial charge on any atom is 0.437 e. The molecule has 0 fully saturated rings. The van der Waals surface area contributed by atoms with Crippen LogP contribution in [0.4, 0.5) is 13.2 Å². The van der Waals surface area contributed by atoms with Gasteiger partial charge in [-0.15, -0.1) is 0 Å². The maximum atomic E-state index is 13.2. The molecule has 5 nitrogen and oxygen atoms in total. The molecular weight excluding hydrogens is 447 g/mol. The lowest BCUT2D eigenvalue weighted by atomic mass is 10.1. The predicted molar refractivity (Wildman–Crippen MR) is 127 cm³/mol. The summed E-state index contributed by atoms with van der Waals surface area (Å²) >= 11 is 0. The van der Waals surface area contributed by atoms with Gasteiger partial charge in [-0.2, -0.15) is 13.2 Å². The number of alkyl halides is 3. The molecule has 0 aliphatic heterocycles. The summed E-state index contributed by atoms with van der Waals surface area (Å²) in [5.41, 5.74) is 0.765. The van der Waals surface area contributed by atoms with Crippen LogP contribution in [0.25, 0.3) is 0 Å².